The highest BCUT2D eigenvalue weighted by molar-refractivity contribution is 5.26. The number of benzene rings is 1. The van der Waals surface area contributed by atoms with Crippen LogP contribution >= 0.6 is 0 Å². The number of rotatable bonds is 4. The highest BCUT2D eigenvalue weighted by atomic mass is 16.5. The summed E-state index contributed by atoms with van der Waals surface area (Å²) in [5.74, 6) is 1.15. The molecule has 1 saturated carbocycles. The molecule has 128 valence electrons. The van der Waals surface area contributed by atoms with E-state index in [1.165, 1.54) is 12.8 Å². The summed E-state index contributed by atoms with van der Waals surface area (Å²) in [6.45, 7) is 6.29. The van der Waals surface area contributed by atoms with Crippen LogP contribution in [0.2, 0.25) is 0 Å². The molecule has 1 N–H and O–H groups in total. The molecule has 3 atom stereocenters. The van der Waals surface area contributed by atoms with Gasteiger partial charge in [-0.25, -0.2) is 4.98 Å². The van der Waals surface area contributed by atoms with Crippen molar-refractivity contribution in [2.24, 2.45) is 11.8 Å². The van der Waals surface area contributed by atoms with Crippen LogP contribution in [0.5, 0.6) is 6.01 Å². The Bertz CT molecular complexity index is 739. The van der Waals surface area contributed by atoms with Crippen molar-refractivity contribution in [1.29, 1.82) is 0 Å². The zero-order chi connectivity index (χ0) is 17.1. The minimum atomic E-state index is -0.109. The van der Waals surface area contributed by atoms with Crippen LogP contribution in [0.4, 0.5) is 0 Å². The Morgan fingerprint density at radius 2 is 1.96 bits per heavy atom. The molecular weight excluding hydrogens is 300 g/mol. The molecule has 0 saturated heterocycles. The van der Waals surface area contributed by atoms with Crippen molar-refractivity contribution in [2.45, 2.75) is 52.6 Å². The van der Waals surface area contributed by atoms with Gasteiger partial charge in [0.2, 0.25) is 0 Å². The molecule has 0 spiro atoms. The second-order valence-electron chi connectivity index (χ2n) is 7.16. The standard InChI is InChI=1S/C20H26N2O2/c1-13-9-10-14(2)18(11-13)24-20-21-17(15(3)19(23)22-20)12-16-7-5-4-6-8-16/h4-8,13-14,18H,9-12H2,1-3H3,(H,21,22,23). The van der Waals surface area contributed by atoms with Gasteiger partial charge in [0, 0.05) is 12.0 Å². The van der Waals surface area contributed by atoms with E-state index in [9.17, 15) is 4.79 Å². The maximum absolute atomic E-state index is 12.3. The maximum Gasteiger partial charge on any atom is 0.296 e. The number of ether oxygens (including phenoxy) is 1. The lowest BCUT2D eigenvalue weighted by Gasteiger charge is -2.32. The predicted molar refractivity (Wildman–Crippen MR) is 95.4 cm³/mol. The largest absolute Gasteiger partial charge is 0.461 e. The summed E-state index contributed by atoms with van der Waals surface area (Å²) in [7, 11) is 0. The molecule has 24 heavy (non-hydrogen) atoms. The van der Waals surface area contributed by atoms with E-state index in [0.717, 1.165) is 17.7 Å². The van der Waals surface area contributed by atoms with Crippen molar-refractivity contribution in [3.8, 4) is 6.01 Å². The molecule has 1 fully saturated rings. The van der Waals surface area contributed by atoms with Gasteiger partial charge in [0.25, 0.3) is 11.6 Å². The second kappa shape index (κ2) is 7.20. The first kappa shape index (κ1) is 16.7. The number of nitrogens with one attached hydrogen (secondary N) is 1. The van der Waals surface area contributed by atoms with E-state index >= 15 is 0 Å². The fraction of sp³-hybridized carbons (Fsp3) is 0.500. The van der Waals surface area contributed by atoms with E-state index in [1.807, 2.05) is 37.3 Å². The SMILES string of the molecule is Cc1c(Cc2ccccc2)nc(OC2CC(C)CCC2C)[nH]c1=O. The molecule has 1 aromatic carbocycles. The van der Waals surface area contributed by atoms with E-state index in [-0.39, 0.29) is 11.7 Å². The Balaban J connectivity index is 1.83. The minimum absolute atomic E-state index is 0.109. The molecule has 0 amide bonds. The Morgan fingerprint density at radius 3 is 2.71 bits per heavy atom. The van der Waals surface area contributed by atoms with Crippen LogP contribution in [0.15, 0.2) is 35.1 Å². The van der Waals surface area contributed by atoms with Gasteiger partial charge >= 0.3 is 0 Å². The molecular formula is C20H26N2O2. The minimum Gasteiger partial charge on any atom is -0.461 e. The summed E-state index contributed by atoms with van der Waals surface area (Å²) in [6, 6.07) is 10.5. The lowest BCUT2D eigenvalue weighted by Crippen LogP contribution is -2.33. The first-order valence-electron chi connectivity index (χ1n) is 8.83. The predicted octanol–water partition coefficient (Wildman–Crippen LogP) is 3.87. The summed E-state index contributed by atoms with van der Waals surface area (Å²) in [5.41, 5.74) is 2.49. The molecule has 1 aliphatic rings. The number of hydrogen-bond acceptors (Lipinski definition) is 3. The van der Waals surface area contributed by atoms with Crippen LogP contribution in [0, 0.1) is 18.8 Å². The third-order valence-electron chi connectivity index (χ3n) is 5.09. The molecule has 3 unspecified atom stereocenters. The lowest BCUT2D eigenvalue weighted by atomic mass is 9.82. The van der Waals surface area contributed by atoms with Crippen LogP contribution in [-0.2, 0) is 6.42 Å². The zero-order valence-electron chi connectivity index (χ0n) is 14.7. The van der Waals surface area contributed by atoms with Gasteiger partial charge in [-0.05, 0) is 37.2 Å². The number of aromatic amines is 1. The molecule has 1 aliphatic carbocycles. The van der Waals surface area contributed by atoms with E-state index in [4.69, 9.17) is 4.74 Å². The molecule has 0 bridgehead atoms. The Hall–Kier alpha value is -2.10. The first-order chi connectivity index (χ1) is 11.5. The molecule has 0 radical (unpaired) electrons. The number of aromatic nitrogens is 2. The lowest BCUT2D eigenvalue weighted by molar-refractivity contribution is 0.0699. The molecule has 4 heteroatoms. The van der Waals surface area contributed by atoms with E-state index in [0.29, 0.717) is 29.8 Å². The smallest absolute Gasteiger partial charge is 0.296 e. The van der Waals surface area contributed by atoms with Gasteiger partial charge in [0.05, 0.1) is 5.69 Å². The Kier molecular flexibility index (Phi) is 5.03. The van der Waals surface area contributed by atoms with Gasteiger partial charge in [-0.3, -0.25) is 9.78 Å². The van der Waals surface area contributed by atoms with Crippen molar-refractivity contribution in [3.63, 3.8) is 0 Å². The quantitative estimate of drug-likeness (QED) is 0.928. The molecule has 3 rings (SSSR count). The normalized spacial score (nSPS) is 23.9. The molecule has 1 aromatic heterocycles. The second-order valence-corrected chi connectivity index (χ2v) is 7.16. The molecule has 2 aromatic rings. The van der Waals surface area contributed by atoms with Gasteiger partial charge in [0.15, 0.2) is 0 Å². The average molecular weight is 326 g/mol. The molecule has 4 nitrogen and oxygen atoms in total. The van der Waals surface area contributed by atoms with Crippen molar-refractivity contribution >= 4 is 0 Å². The van der Waals surface area contributed by atoms with Crippen LogP contribution in [0.3, 0.4) is 0 Å². The van der Waals surface area contributed by atoms with Crippen LogP contribution in [0.1, 0.15) is 49.9 Å². The maximum atomic E-state index is 12.3. The summed E-state index contributed by atoms with van der Waals surface area (Å²) < 4.78 is 6.09. The highest BCUT2D eigenvalue weighted by Gasteiger charge is 2.27. The summed E-state index contributed by atoms with van der Waals surface area (Å²) in [5, 5.41) is 0. The van der Waals surface area contributed by atoms with Crippen LogP contribution < -0.4 is 10.3 Å². The van der Waals surface area contributed by atoms with Gasteiger partial charge in [-0.2, -0.15) is 0 Å². The van der Waals surface area contributed by atoms with E-state index in [1.54, 1.807) is 0 Å². The van der Waals surface area contributed by atoms with Crippen LogP contribution in [-0.4, -0.2) is 16.1 Å². The topological polar surface area (TPSA) is 55.0 Å². The number of nitrogens with zero attached hydrogens (tertiary/aromatic N) is 1. The van der Waals surface area contributed by atoms with E-state index in [2.05, 4.69) is 23.8 Å². The fourth-order valence-electron chi connectivity index (χ4n) is 3.36. The summed E-state index contributed by atoms with van der Waals surface area (Å²) >= 11 is 0. The Morgan fingerprint density at radius 1 is 1.21 bits per heavy atom. The van der Waals surface area contributed by atoms with E-state index < -0.39 is 0 Å². The van der Waals surface area contributed by atoms with Gasteiger partial charge < -0.3 is 4.74 Å². The van der Waals surface area contributed by atoms with Crippen LogP contribution in [0.25, 0.3) is 0 Å². The first-order valence-corrected chi connectivity index (χ1v) is 8.83. The fourth-order valence-corrected chi connectivity index (χ4v) is 3.36. The van der Waals surface area contributed by atoms with Crippen molar-refractivity contribution in [1.82, 2.24) is 9.97 Å². The van der Waals surface area contributed by atoms with Crippen molar-refractivity contribution in [3.05, 3.63) is 57.5 Å². The number of H-pyrrole nitrogens is 1. The third-order valence-corrected chi connectivity index (χ3v) is 5.09. The van der Waals surface area contributed by atoms with Gasteiger partial charge in [-0.1, -0.05) is 50.6 Å². The van der Waals surface area contributed by atoms with Gasteiger partial charge in [0.1, 0.15) is 6.10 Å². The molecule has 1 heterocycles. The number of hydrogen-bond donors (Lipinski definition) is 1. The third kappa shape index (κ3) is 3.86. The summed E-state index contributed by atoms with van der Waals surface area (Å²) in [6.07, 6.45) is 4.21. The monoisotopic (exact) mass is 326 g/mol. The van der Waals surface area contributed by atoms with Gasteiger partial charge in [-0.15, -0.1) is 0 Å². The summed E-state index contributed by atoms with van der Waals surface area (Å²) in [4.78, 5) is 19.7. The highest BCUT2D eigenvalue weighted by Crippen LogP contribution is 2.30. The Labute approximate surface area is 143 Å². The zero-order valence-corrected chi connectivity index (χ0v) is 14.7. The molecule has 0 aliphatic heterocycles. The average Bonchev–Trinajstić information content (AvgIpc) is 2.56. The van der Waals surface area contributed by atoms with Crippen molar-refractivity contribution in [2.75, 3.05) is 0 Å². The van der Waals surface area contributed by atoms with Crippen molar-refractivity contribution < 1.29 is 4.74 Å².